The predicted octanol–water partition coefficient (Wildman–Crippen LogP) is 5.88. The number of nitrogens with zero attached hydrogens (tertiary/aromatic N) is 6. The zero-order chi connectivity index (χ0) is 33.1. The van der Waals surface area contributed by atoms with Gasteiger partial charge in [-0.05, 0) is 39.1 Å². The number of amides is 3. The first kappa shape index (κ1) is 33.2. The highest BCUT2D eigenvalue weighted by atomic mass is 35.5. The first-order valence-corrected chi connectivity index (χ1v) is 15.2. The van der Waals surface area contributed by atoms with Gasteiger partial charge in [0.2, 0.25) is 11.9 Å². The van der Waals surface area contributed by atoms with Crippen molar-refractivity contribution >= 4 is 58.3 Å². The fourth-order valence-corrected chi connectivity index (χ4v) is 6.12. The van der Waals surface area contributed by atoms with Crippen LogP contribution in [-0.4, -0.2) is 85.7 Å². The Morgan fingerprint density at radius 3 is 2.28 bits per heavy atom. The van der Waals surface area contributed by atoms with Gasteiger partial charge in [-0.3, -0.25) is 14.6 Å². The quantitative estimate of drug-likeness (QED) is 0.281. The molecule has 0 atom stereocenters. The summed E-state index contributed by atoms with van der Waals surface area (Å²) in [4.78, 5) is 42.9. The number of rotatable bonds is 9. The number of methoxy groups -OCH3 is 2. The molecule has 244 valence electrons. The van der Waals surface area contributed by atoms with Gasteiger partial charge in [0.25, 0.3) is 0 Å². The van der Waals surface area contributed by atoms with Crippen LogP contribution in [0.4, 0.5) is 36.7 Å². The lowest BCUT2D eigenvalue weighted by atomic mass is 10.0. The number of hydrogen-bond acceptors (Lipinski definition) is 8. The van der Waals surface area contributed by atoms with Crippen LogP contribution in [0.1, 0.15) is 18.4 Å². The second-order valence-corrected chi connectivity index (χ2v) is 11.8. The summed E-state index contributed by atoms with van der Waals surface area (Å²) < 4.78 is 38.6. The summed E-state index contributed by atoms with van der Waals surface area (Å²) >= 11 is 13.4. The normalized spacial score (nSPS) is 15.5. The van der Waals surface area contributed by atoms with E-state index < -0.39 is 17.7 Å². The molecular formula is C31H33Cl2F2N7O4. The Balaban J connectivity index is 1.51. The maximum atomic E-state index is 14.4. The molecule has 1 fully saturated rings. The second-order valence-electron chi connectivity index (χ2n) is 11.0. The lowest BCUT2D eigenvalue weighted by Gasteiger charge is -2.43. The fraction of sp³-hybridized carbons (Fsp3) is 0.355. The van der Waals surface area contributed by atoms with Gasteiger partial charge in [0.05, 0.1) is 26.5 Å². The van der Waals surface area contributed by atoms with Gasteiger partial charge in [0, 0.05) is 61.3 Å². The highest BCUT2D eigenvalue weighted by Crippen LogP contribution is 2.48. The summed E-state index contributed by atoms with van der Waals surface area (Å²) in [5.74, 6) is -0.779. The Labute approximate surface area is 275 Å². The minimum Gasteiger partial charge on any atom is -0.495 e. The number of halogens is 4. The lowest BCUT2D eigenvalue weighted by molar-refractivity contribution is -0.127. The molecule has 0 aliphatic carbocycles. The number of carbonyl (C=O) groups excluding carboxylic acids is 2. The van der Waals surface area contributed by atoms with Gasteiger partial charge in [-0.1, -0.05) is 29.3 Å². The van der Waals surface area contributed by atoms with Crippen LogP contribution in [0.2, 0.25) is 10.0 Å². The van der Waals surface area contributed by atoms with Crippen LogP contribution in [0.15, 0.2) is 42.6 Å². The molecule has 0 spiro atoms. The first-order chi connectivity index (χ1) is 22.0. The molecule has 3 heterocycles. The molecule has 2 aliphatic heterocycles. The lowest BCUT2D eigenvalue weighted by Crippen LogP contribution is -2.55. The fourth-order valence-electron chi connectivity index (χ4n) is 5.42. The van der Waals surface area contributed by atoms with Crippen molar-refractivity contribution < 1.29 is 27.8 Å². The summed E-state index contributed by atoms with van der Waals surface area (Å²) in [5.41, 5.74) is 0.856. The van der Waals surface area contributed by atoms with Crippen LogP contribution in [0.25, 0.3) is 0 Å². The van der Waals surface area contributed by atoms with E-state index in [2.05, 4.69) is 15.3 Å². The Morgan fingerprint density at radius 2 is 1.70 bits per heavy atom. The van der Waals surface area contributed by atoms with E-state index in [9.17, 15) is 18.4 Å². The van der Waals surface area contributed by atoms with Crippen LogP contribution in [0.5, 0.6) is 11.5 Å². The maximum absolute atomic E-state index is 14.4. The van der Waals surface area contributed by atoms with Gasteiger partial charge in [-0.2, -0.15) is 4.98 Å². The van der Waals surface area contributed by atoms with E-state index in [0.29, 0.717) is 43.9 Å². The molecule has 11 nitrogen and oxygen atoms in total. The topological polar surface area (TPSA) is 103 Å². The van der Waals surface area contributed by atoms with Gasteiger partial charge in [0.15, 0.2) is 0 Å². The zero-order valence-electron chi connectivity index (χ0n) is 25.7. The first-order valence-electron chi connectivity index (χ1n) is 14.4. The minimum atomic E-state index is -0.770. The van der Waals surface area contributed by atoms with Crippen molar-refractivity contribution in [2.24, 2.45) is 0 Å². The number of hydrogen-bond donors (Lipinski definition) is 1. The maximum Gasteiger partial charge on any atom is 0.330 e. The molecule has 0 bridgehead atoms. The second kappa shape index (κ2) is 14.1. The van der Waals surface area contributed by atoms with Gasteiger partial charge in [0.1, 0.15) is 39.0 Å². The van der Waals surface area contributed by atoms with Crippen LogP contribution in [0, 0.1) is 11.6 Å². The minimum absolute atomic E-state index is 0.00328. The van der Waals surface area contributed by atoms with Crippen molar-refractivity contribution in [3.05, 3.63) is 69.9 Å². The van der Waals surface area contributed by atoms with Crippen LogP contribution in [0.3, 0.4) is 0 Å². The molecule has 5 rings (SSSR count). The van der Waals surface area contributed by atoms with Crippen LogP contribution < -0.4 is 24.6 Å². The molecule has 2 aliphatic rings. The summed E-state index contributed by atoms with van der Waals surface area (Å²) in [7, 11) is 6.71. The van der Waals surface area contributed by atoms with Crippen molar-refractivity contribution in [2.45, 2.75) is 25.4 Å². The number of urea groups is 1. The third-order valence-corrected chi connectivity index (χ3v) is 8.38. The van der Waals surface area contributed by atoms with Gasteiger partial charge < -0.3 is 24.6 Å². The van der Waals surface area contributed by atoms with E-state index in [1.165, 1.54) is 31.4 Å². The number of anilines is 4. The van der Waals surface area contributed by atoms with Crippen LogP contribution in [-0.2, 0) is 11.3 Å². The molecule has 0 saturated carbocycles. The van der Waals surface area contributed by atoms with E-state index in [1.807, 2.05) is 25.1 Å². The molecule has 15 heteroatoms. The number of likely N-dealkylation sites (N-methyl/N-ethyl adjacent to an activating group) is 1. The number of aromatic nitrogens is 2. The molecule has 0 unspecified atom stereocenters. The number of likely N-dealkylation sites (tertiary alicyclic amines) is 1. The van der Waals surface area contributed by atoms with E-state index in [-0.39, 0.29) is 57.4 Å². The van der Waals surface area contributed by atoms with Crippen molar-refractivity contribution in [2.75, 3.05) is 63.1 Å². The van der Waals surface area contributed by atoms with E-state index in [1.54, 1.807) is 15.9 Å². The van der Waals surface area contributed by atoms with Gasteiger partial charge >= 0.3 is 6.03 Å². The zero-order valence-corrected chi connectivity index (χ0v) is 27.2. The summed E-state index contributed by atoms with van der Waals surface area (Å²) in [6.45, 7) is 1.45. The van der Waals surface area contributed by atoms with Crippen molar-refractivity contribution in [3.8, 4) is 11.5 Å². The molecule has 1 saturated heterocycles. The smallest absolute Gasteiger partial charge is 0.330 e. The Kier molecular flexibility index (Phi) is 10.1. The Hall–Kier alpha value is -4.20. The van der Waals surface area contributed by atoms with Crippen molar-refractivity contribution in [1.29, 1.82) is 0 Å². The molecule has 1 N–H and O–H groups in total. The van der Waals surface area contributed by atoms with E-state index in [4.69, 9.17) is 32.7 Å². The molecule has 0 radical (unpaired) electrons. The largest absolute Gasteiger partial charge is 0.495 e. The number of piperidine rings is 1. The average molecular weight is 677 g/mol. The molecule has 3 amide bonds. The molecule has 2 aromatic carbocycles. The third-order valence-electron chi connectivity index (χ3n) is 7.65. The molecular weight excluding hydrogens is 643 g/mol. The predicted molar refractivity (Wildman–Crippen MR) is 173 cm³/mol. The van der Waals surface area contributed by atoms with Crippen LogP contribution >= 0.6 is 23.2 Å². The van der Waals surface area contributed by atoms with Gasteiger partial charge in [-0.25, -0.2) is 18.6 Å². The van der Waals surface area contributed by atoms with Crippen molar-refractivity contribution in [1.82, 2.24) is 19.8 Å². The number of fused-ring (bicyclic) bond motifs is 1. The molecule has 46 heavy (non-hydrogen) atoms. The number of ether oxygens (including phenoxy) is 2. The van der Waals surface area contributed by atoms with Crippen molar-refractivity contribution in [3.63, 3.8) is 0 Å². The summed E-state index contributed by atoms with van der Waals surface area (Å²) in [6, 6.07) is 3.66. The standard InChI is InChI=1S/C31H33Cl2F2N7O4/c1-39(2)9-5-6-25(43)40-10-7-22(8-11-40)42-29-18(16-36-30(38-29)37-21-13-19(34)12-20(35)14-21)17-41(31(42)44)28-26(32)23(45-3)15-24(46-4)27(28)33/h5-6,12-16,22H,7-11,17H2,1-4H3,(H,36,37,38). The molecule has 3 aromatic rings. The SMILES string of the molecule is COc1cc(OC)c(Cl)c(N2Cc3cnc(Nc4cc(F)cc(F)c4)nc3N(C3CCN(C(=O)C=CCN(C)C)CC3)C2=O)c1Cl. The highest BCUT2D eigenvalue weighted by Gasteiger charge is 2.41. The molecule has 1 aromatic heterocycles. The van der Waals surface area contributed by atoms with E-state index >= 15 is 0 Å². The third kappa shape index (κ3) is 6.96. The Bertz CT molecular complexity index is 1620. The monoisotopic (exact) mass is 675 g/mol. The van der Waals surface area contributed by atoms with Gasteiger partial charge in [-0.15, -0.1) is 0 Å². The number of benzene rings is 2. The summed E-state index contributed by atoms with van der Waals surface area (Å²) in [6.07, 6.45) is 5.81. The number of carbonyl (C=O) groups is 2. The highest BCUT2D eigenvalue weighted by molar-refractivity contribution is 6.42. The Morgan fingerprint density at radius 1 is 1.07 bits per heavy atom. The van der Waals surface area contributed by atoms with E-state index in [0.717, 1.165) is 18.2 Å². The number of nitrogens with one attached hydrogen (secondary N) is 1. The average Bonchev–Trinajstić information content (AvgIpc) is 3.01. The summed E-state index contributed by atoms with van der Waals surface area (Å²) in [5, 5.41) is 3.05.